The molecule has 7 heteroatoms. The van der Waals surface area contributed by atoms with Crippen LogP contribution < -0.4 is 0 Å². The zero-order valence-electron chi connectivity index (χ0n) is 10.8. The Morgan fingerprint density at radius 1 is 1.30 bits per heavy atom. The van der Waals surface area contributed by atoms with Crippen molar-refractivity contribution < 1.29 is 19.5 Å². The molecular weight excluding hydrogens is 280 g/mol. The second kappa shape index (κ2) is 5.86. The van der Waals surface area contributed by atoms with Gasteiger partial charge in [-0.05, 0) is 11.4 Å². The molecule has 104 valence electrons. The number of thiophene rings is 1. The van der Waals surface area contributed by atoms with Gasteiger partial charge in [0.15, 0.2) is 0 Å². The van der Waals surface area contributed by atoms with E-state index in [4.69, 9.17) is 5.11 Å². The first-order valence-electron chi connectivity index (χ1n) is 5.86. The lowest BCUT2D eigenvalue weighted by molar-refractivity contribution is -0.143. The summed E-state index contributed by atoms with van der Waals surface area (Å²) in [5.74, 6) is 4.02. The molecule has 0 aromatic carbocycles. The van der Waals surface area contributed by atoms with Crippen LogP contribution in [0.4, 0.5) is 4.79 Å². The molecule has 1 aliphatic heterocycles. The Balaban J connectivity index is 2.18. The summed E-state index contributed by atoms with van der Waals surface area (Å²) in [5.41, 5.74) is 0.700. The number of likely N-dealkylation sites (N-methyl/N-ethyl adjacent to an activating group) is 1. The number of hydrogen-bond donors (Lipinski definition) is 1. The van der Waals surface area contributed by atoms with Crippen molar-refractivity contribution in [1.82, 2.24) is 9.80 Å². The van der Waals surface area contributed by atoms with Gasteiger partial charge >= 0.3 is 17.8 Å². The molecule has 1 aromatic rings. The number of hydrogen-bond acceptors (Lipinski definition) is 5. The molecule has 2 heterocycles. The Morgan fingerprint density at radius 3 is 2.65 bits per heavy atom. The topological polar surface area (TPSA) is 77.9 Å². The summed E-state index contributed by atoms with van der Waals surface area (Å²) in [4.78, 5) is 37.3. The third-order valence-corrected chi connectivity index (χ3v) is 3.66. The summed E-state index contributed by atoms with van der Waals surface area (Å²) < 4.78 is 0. The Bertz CT molecular complexity index is 626. The molecule has 0 spiro atoms. The predicted molar refractivity (Wildman–Crippen MR) is 71.6 cm³/mol. The molecule has 1 aliphatic rings. The third kappa shape index (κ3) is 2.57. The largest absolute Gasteiger partial charge is 0.395 e. The molecule has 0 saturated carbocycles. The number of rotatable bonds is 3. The molecule has 0 radical (unpaired) electrons. The summed E-state index contributed by atoms with van der Waals surface area (Å²) in [6.45, 7) is 0.0173. The Labute approximate surface area is 119 Å². The van der Waals surface area contributed by atoms with Crippen molar-refractivity contribution in [1.29, 1.82) is 0 Å². The molecule has 0 atom stereocenters. The molecule has 0 bridgehead atoms. The van der Waals surface area contributed by atoms with Crippen LogP contribution in [0.15, 0.2) is 11.4 Å². The number of nitrogens with zero attached hydrogens (tertiary/aromatic N) is 2. The van der Waals surface area contributed by atoms with Gasteiger partial charge in [0.25, 0.3) is 0 Å². The Kier molecular flexibility index (Phi) is 4.17. The first-order chi connectivity index (χ1) is 9.56. The summed E-state index contributed by atoms with van der Waals surface area (Å²) in [7, 11) is 1.28. The van der Waals surface area contributed by atoms with E-state index >= 15 is 0 Å². The lowest BCUT2D eigenvalue weighted by Crippen LogP contribution is -2.30. The maximum atomic E-state index is 11.8. The molecule has 1 fully saturated rings. The monoisotopic (exact) mass is 292 g/mol. The maximum Gasteiger partial charge on any atom is 0.334 e. The average molecular weight is 292 g/mol. The fourth-order valence-electron chi connectivity index (χ4n) is 1.68. The molecule has 6 nitrogen and oxygen atoms in total. The minimum Gasteiger partial charge on any atom is -0.395 e. The van der Waals surface area contributed by atoms with Crippen LogP contribution >= 0.6 is 11.3 Å². The third-order valence-electron chi connectivity index (χ3n) is 2.76. The maximum absolute atomic E-state index is 11.8. The van der Waals surface area contributed by atoms with E-state index in [-0.39, 0.29) is 13.2 Å². The van der Waals surface area contributed by atoms with Crippen LogP contribution in [0, 0.1) is 11.8 Å². The van der Waals surface area contributed by atoms with Crippen molar-refractivity contribution in [2.45, 2.75) is 13.0 Å². The van der Waals surface area contributed by atoms with Gasteiger partial charge < -0.3 is 5.11 Å². The lowest BCUT2D eigenvalue weighted by atomic mass is 10.2. The van der Waals surface area contributed by atoms with Crippen LogP contribution in [0.25, 0.3) is 0 Å². The summed E-state index contributed by atoms with van der Waals surface area (Å²) >= 11 is 1.36. The van der Waals surface area contributed by atoms with Crippen LogP contribution in [0.3, 0.4) is 0 Å². The zero-order valence-corrected chi connectivity index (χ0v) is 11.6. The highest BCUT2D eigenvalue weighted by Gasteiger charge is 2.42. The fourth-order valence-corrected chi connectivity index (χ4v) is 2.50. The van der Waals surface area contributed by atoms with Crippen molar-refractivity contribution in [3.8, 4) is 11.8 Å². The normalized spacial score (nSPS) is 14.8. The van der Waals surface area contributed by atoms with E-state index in [1.807, 2.05) is 0 Å². The highest BCUT2D eigenvalue weighted by atomic mass is 32.1. The van der Waals surface area contributed by atoms with E-state index in [9.17, 15) is 14.4 Å². The molecular formula is C13H12N2O4S. The average Bonchev–Trinajstić information content (AvgIpc) is 2.95. The van der Waals surface area contributed by atoms with Crippen molar-refractivity contribution in [3.63, 3.8) is 0 Å². The Morgan fingerprint density at radius 2 is 2.05 bits per heavy atom. The van der Waals surface area contributed by atoms with Gasteiger partial charge in [-0.2, -0.15) is 0 Å². The SMILES string of the molecule is CN1C(=O)C(=O)N(Cc2sccc2C#CCCO)C1=O. The molecule has 0 aliphatic carbocycles. The number of urea groups is 1. The molecule has 20 heavy (non-hydrogen) atoms. The summed E-state index contributed by atoms with van der Waals surface area (Å²) in [5, 5.41) is 10.5. The van der Waals surface area contributed by atoms with Crippen LogP contribution in [-0.4, -0.2) is 46.4 Å². The van der Waals surface area contributed by atoms with Crippen molar-refractivity contribution in [3.05, 3.63) is 21.9 Å². The quantitative estimate of drug-likeness (QED) is 0.497. The van der Waals surface area contributed by atoms with Crippen LogP contribution in [0.2, 0.25) is 0 Å². The lowest BCUT2D eigenvalue weighted by Gasteiger charge is -2.11. The van der Waals surface area contributed by atoms with Crippen LogP contribution in [0.5, 0.6) is 0 Å². The van der Waals surface area contributed by atoms with Crippen LogP contribution in [0.1, 0.15) is 16.9 Å². The first kappa shape index (κ1) is 14.2. The van der Waals surface area contributed by atoms with E-state index in [1.54, 1.807) is 11.4 Å². The fraction of sp³-hybridized carbons (Fsp3) is 0.308. The number of carbonyl (C=O) groups excluding carboxylic acids is 3. The van der Waals surface area contributed by atoms with Crippen molar-refractivity contribution >= 4 is 29.2 Å². The van der Waals surface area contributed by atoms with Gasteiger partial charge in [-0.3, -0.25) is 19.4 Å². The minimum absolute atomic E-state index is 0.0190. The number of amides is 4. The van der Waals surface area contributed by atoms with Crippen molar-refractivity contribution in [2.24, 2.45) is 0 Å². The summed E-state index contributed by atoms with van der Waals surface area (Å²) in [6, 6.07) is 1.16. The minimum atomic E-state index is -0.820. The summed E-state index contributed by atoms with van der Waals surface area (Å²) in [6.07, 6.45) is 0.359. The predicted octanol–water partition coefficient (Wildman–Crippen LogP) is 0.403. The molecule has 2 rings (SSSR count). The highest BCUT2D eigenvalue weighted by Crippen LogP contribution is 2.21. The molecule has 4 amide bonds. The van der Waals surface area contributed by atoms with Gasteiger partial charge in [0.1, 0.15) is 0 Å². The van der Waals surface area contributed by atoms with E-state index in [2.05, 4.69) is 11.8 Å². The molecule has 0 unspecified atom stereocenters. The van der Waals surface area contributed by atoms with E-state index in [0.29, 0.717) is 12.0 Å². The zero-order chi connectivity index (χ0) is 14.7. The molecule has 1 N–H and O–H groups in total. The second-order valence-corrected chi connectivity index (χ2v) is 5.07. The van der Waals surface area contributed by atoms with Crippen molar-refractivity contribution in [2.75, 3.05) is 13.7 Å². The number of carbonyl (C=O) groups is 3. The van der Waals surface area contributed by atoms with Gasteiger partial charge in [-0.15, -0.1) is 11.3 Å². The number of aliphatic hydroxyl groups excluding tert-OH is 1. The van der Waals surface area contributed by atoms with E-state index in [1.165, 1.54) is 18.4 Å². The van der Waals surface area contributed by atoms with Gasteiger partial charge in [-0.1, -0.05) is 11.8 Å². The Hall–Kier alpha value is -2.17. The molecule has 1 saturated heterocycles. The smallest absolute Gasteiger partial charge is 0.334 e. The van der Waals surface area contributed by atoms with Gasteiger partial charge in [-0.25, -0.2) is 4.79 Å². The number of imide groups is 2. The standard InChI is InChI=1S/C13H12N2O4S/c1-14-11(17)12(18)15(13(14)19)8-10-9(5-7-20-10)4-2-3-6-16/h5,7,16H,3,6,8H2,1H3. The molecule has 1 aromatic heterocycles. The first-order valence-corrected chi connectivity index (χ1v) is 6.74. The van der Waals surface area contributed by atoms with Gasteiger partial charge in [0, 0.05) is 23.9 Å². The second-order valence-electron chi connectivity index (χ2n) is 4.07. The van der Waals surface area contributed by atoms with Gasteiger partial charge in [0.2, 0.25) is 0 Å². The van der Waals surface area contributed by atoms with E-state index < -0.39 is 17.8 Å². The number of aliphatic hydroxyl groups is 1. The van der Waals surface area contributed by atoms with E-state index in [0.717, 1.165) is 14.7 Å². The van der Waals surface area contributed by atoms with Crippen LogP contribution in [-0.2, 0) is 16.1 Å². The highest BCUT2D eigenvalue weighted by molar-refractivity contribution is 7.10. The van der Waals surface area contributed by atoms with Gasteiger partial charge in [0.05, 0.1) is 13.2 Å².